The van der Waals surface area contributed by atoms with Crippen molar-refractivity contribution in [3.05, 3.63) is 0 Å². The average molecular weight is 195 g/mol. The Kier molecular flexibility index (Phi) is 122. The molecule has 0 N–H and O–H groups in total. The van der Waals surface area contributed by atoms with E-state index < -0.39 is 0 Å². The second-order valence-corrected chi connectivity index (χ2v) is 1.000. The molecule has 0 heterocycles. The molecule has 0 aliphatic heterocycles. The SMILES string of the molecule is CCCC.Cl.Cl.P=S. The van der Waals surface area contributed by atoms with E-state index in [9.17, 15) is 0 Å². The van der Waals surface area contributed by atoms with Crippen molar-refractivity contribution < 1.29 is 0 Å². The zero-order valence-electron chi connectivity index (χ0n) is 5.14. The minimum absolute atomic E-state index is 0. The molecule has 54 valence electrons. The van der Waals surface area contributed by atoms with Crippen LogP contribution in [0.2, 0.25) is 0 Å². The van der Waals surface area contributed by atoms with E-state index in [0.717, 1.165) is 0 Å². The Balaban J connectivity index is -0.0000000183. The maximum Gasteiger partial charge on any atom is -0.0437 e. The van der Waals surface area contributed by atoms with E-state index in [-0.39, 0.29) is 24.8 Å². The first-order valence-electron chi connectivity index (χ1n) is 2.12. The van der Waals surface area contributed by atoms with Gasteiger partial charge in [0.25, 0.3) is 0 Å². The van der Waals surface area contributed by atoms with E-state index in [1.54, 1.807) is 0 Å². The summed E-state index contributed by atoms with van der Waals surface area (Å²) in [6.07, 6.45) is 2.64. The van der Waals surface area contributed by atoms with Crippen LogP contribution in [-0.4, -0.2) is 0 Å². The summed E-state index contributed by atoms with van der Waals surface area (Å²) in [7, 11) is 2.56. The van der Waals surface area contributed by atoms with Crippen LogP contribution >= 0.6 is 32.8 Å². The largest absolute Gasteiger partial charge is 0.147 e. The van der Waals surface area contributed by atoms with Crippen LogP contribution in [0, 0.1) is 0 Å². The van der Waals surface area contributed by atoms with Gasteiger partial charge >= 0.3 is 0 Å². The smallest absolute Gasteiger partial charge is 0.0437 e. The van der Waals surface area contributed by atoms with Gasteiger partial charge in [-0.1, -0.05) is 38.5 Å². The molecule has 0 saturated heterocycles. The quantitative estimate of drug-likeness (QED) is 0.578. The van der Waals surface area contributed by atoms with E-state index >= 15 is 0 Å². The molecular weight excluding hydrogens is 182 g/mol. The molecule has 0 radical (unpaired) electrons. The van der Waals surface area contributed by atoms with Crippen molar-refractivity contribution in [2.75, 3.05) is 0 Å². The normalized spacial score (nSPS) is 4.25. The van der Waals surface area contributed by atoms with Gasteiger partial charge in [0.15, 0.2) is 0 Å². The Hall–Kier alpha value is 1.10. The van der Waals surface area contributed by atoms with E-state index in [1.165, 1.54) is 12.8 Å². The Morgan fingerprint density at radius 1 is 1.00 bits per heavy atom. The van der Waals surface area contributed by atoms with Crippen molar-refractivity contribution in [2.24, 2.45) is 0 Å². The van der Waals surface area contributed by atoms with Crippen molar-refractivity contribution in [3.63, 3.8) is 0 Å². The Labute approximate surface area is 71.5 Å². The van der Waals surface area contributed by atoms with Crippen molar-refractivity contribution in [2.45, 2.75) is 26.7 Å². The van der Waals surface area contributed by atoms with Crippen LogP contribution in [0.15, 0.2) is 0 Å². The van der Waals surface area contributed by atoms with E-state index in [1.807, 2.05) is 0 Å². The Morgan fingerprint density at radius 2 is 1.12 bits per heavy atom. The molecule has 0 rings (SSSR count). The molecule has 0 unspecified atom stereocenters. The van der Waals surface area contributed by atoms with Gasteiger partial charge < -0.3 is 0 Å². The summed E-state index contributed by atoms with van der Waals surface area (Å²) in [5.74, 6) is 0. The Bertz CT molecular complexity index is 21.5. The Morgan fingerprint density at radius 3 is 1.12 bits per heavy atom. The van der Waals surface area contributed by atoms with Crippen LogP contribution in [0.4, 0.5) is 0 Å². The fourth-order valence-electron chi connectivity index (χ4n) is 0. The van der Waals surface area contributed by atoms with Crippen LogP contribution in [0.5, 0.6) is 0 Å². The van der Waals surface area contributed by atoms with Gasteiger partial charge in [0.2, 0.25) is 0 Å². The second-order valence-electron chi connectivity index (χ2n) is 1.000. The lowest BCUT2D eigenvalue weighted by Crippen LogP contribution is -1.47. The first-order chi connectivity index (χ1) is 2.91. The lowest BCUT2D eigenvalue weighted by molar-refractivity contribution is 0.886. The van der Waals surface area contributed by atoms with Crippen LogP contribution in [0.1, 0.15) is 26.7 Å². The highest BCUT2D eigenvalue weighted by molar-refractivity contribution is 7.88. The summed E-state index contributed by atoms with van der Waals surface area (Å²) in [6, 6.07) is 0. The topological polar surface area (TPSA) is 0 Å². The van der Waals surface area contributed by atoms with Gasteiger partial charge in [-0.05, 0) is 8.02 Å². The predicted octanol–water partition coefficient (Wildman–Crippen LogP) is 3.24. The molecule has 0 aromatic carbocycles. The number of halogens is 2. The molecule has 0 spiro atoms. The van der Waals surface area contributed by atoms with Gasteiger partial charge in [-0.25, -0.2) is 0 Å². The molecule has 0 atom stereocenters. The second kappa shape index (κ2) is 42.5. The summed E-state index contributed by atoms with van der Waals surface area (Å²) in [5.41, 5.74) is 0. The average Bonchev–Trinajstić information content (AvgIpc) is 1.72. The molecule has 0 aromatic heterocycles. The molecule has 0 fully saturated rings. The lowest BCUT2D eigenvalue weighted by atomic mass is 10.4. The van der Waals surface area contributed by atoms with Crippen molar-refractivity contribution in [3.8, 4) is 0 Å². The highest BCUT2D eigenvalue weighted by Crippen LogP contribution is 1.76. The molecule has 8 heavy (non-hydrogen) atoms. The van der Waals surface area contributed by atoms with E-state index in [0.29, 0.717) is 0 Å². The highest BCUT2D eigenvalue weighted by Gasteiger charge is 1.56. The van der Waals surface area contributed by atoms with Gasteiger partial charge in [-0.3, -0.25) is 0 Å². The fourth-order valence-corrected chi connectivity index (χ4v) is 0. The minimum Gasteiger partial charge on any atom is -0.147 e. The number of unbranched alkanes of at least 4 members (excludes halogenated alkanes) is 1. The first-order valence-corrected chi connectivity index (χ1v) is 3.75. The molecule has 0 aliphatic rings. The minimum atomic E-state index is 0. The van der Waals surface area contributed by atoms with Gasteiger partial charge in [0.05, 0.1) is 0 Å². The predicted molar refractivity (Wildman–Crippen MR) is 50.8 cm³/mol. The fraction of sp³-hybridized carbons (Fsp3) is 1.00. The molecule has 0 nitrogen and oxygen atoms in total. The van der Waals surface area contributed by atoms with Crippen LogP contribution in [0.3, 0.4) is 0 Å². The third kappa shape index (κ3) is 59.9. The first kappa shape index (κ1) is 23.0. The summed E-state index contributed by atoms with van der Waals surface area (Å²) in [4.78, 5) is 0. The summed E-state index contributed by atoms with van der Waals surface area (Å²) in [5, 5.41) is 0. The van der Waals surface area contributed by atoms with Crippen molar-refractivity contribution in [1.29, 1.82) is 0 Å². The highest BCUT2D eigenvalue weighted by atomic mass is 35.5. The zero-order chi connectivity index (χ0) is 5.41. The van der Waals surface area contributed by atoms with Gasteiger partial charge in [0.1, 0.15) is 0 Å². The maximum absolute atomic E-state index is 3.89. The van der Waals surface area contributed by atoms with E-state index in [2.05, 4.69) is 33.7 Å². The third-order valence-corrected chi connectivity index (χ3v) is 0.500. The standard InChI is InChI=1S/C4H10.2ClH.HPS/c1-3-4-2;;;1-2/h3-4H2,1-2H3;2*1H;1H. The van der Waals surface area contributed by atoms with Crippen LogP contribution in [-0.2, 0) is 11.8 Å². The molecular formula is C4H13Cl2PS. The lowest BCUT2D eigenvalue weighted by Gasteiger charge is -1.68. The van der Waals surface area contributed by atoms with E-state index in [4.69, 9.17) is 0 Å². The monoisotopic (exact) mass is 194 g/mol. The van der Waals surface area contributed by atoms with Crippen LogP contribution < -0.4 is 0 Å². The number of hydrogen-bond acceptors (Lipinski definition) is 1. The maximum atomic E-state index is 3.89. The molecule has 4 heteroatoms. The summed E-state index contributed by atoms with van der Waals surface area (Å²) >= 11 is 3.89. The zero-order valence-corrected chi connectivity index (χ0v) is 8.59. The van der Waals surface area contributed by atoms with Gasteiger partial charge in [-0.15, -0.1) is 24.8 Å². The van der Waals surface area contributed by atoms with Gasteiger partial charge in [0, 0.05) is 0 Å². The number of rotatable bonds is 1. The van der Waals surface area contributed by atoms with Crippen molar-refractivity contribution >= 4 is 44.6 Å². The van der Waals surface area contributed by atoms with Crippen molar-refractivity contribution in [1.82, 2.24) is 0 Å². The molecule has 0 amide bonds. The molecule has 0 saturated carbocycles. The third-order valence-electron chi connectivity index (χ3n) is 0.500. The molecule has 0 aromatic rings. The molecule has 0 aliphatic carbocycles. The summed E-state index contributed by atoms with van der Waals surface area (Å²) < 4.78 is 0. The summed E-state index contributed by atoms with van der Waals surface area (Å²) in [6.45, 7) is 4.36. The van der Waals surface area contributed by atoms with Crippen LogP contribution in [0.25, 0.3) is 0 Å². The van der Waals surface area contributed by atoms with Gasteiger partial charge in [-0.2, -0.15) is 0 Å². The molecule has 0 bridgehead atoms. The number of hydrogen-bond donors (Lipinski definition) is 0.